The minimum absolute atomic E-state index is 0. The molecule has 0 spiro atoms. The molecular formula is C15H23BrClFN2O. The summed E-state index contributed by atoms with van der Waals surface area (Å²) in [5.41, 5.74) is 0.741. The molecule has 3 nitrogen and oxygen atoms in total. The molecule has 6 heteroatoms. The lowest BCUT2D eigenvalue weighted by Gasteiger charge is -2.43. The average Bonchev–Trinajstić information content (AvgIpc) is 2.43. The van der Waals surface area contributed by atoms with E-state index < -0.39 is 0 Å². The topological polar surface area (TPSA) is 35.5 Å². The van der Waals surface area contributed by atoms with Crippen molar-refractivity contribution >= 4 is 28.3 Å². The molecule has 1 aliphatic rings. The van der Waals surface area contributed by atoms with Crippen molar-refractivity contribution in [2.24, 2.45) is 5.41 Å². The van der Waals surface area contributed by atoms with Crippen molar-refractivity contribution in [2.45, 2.75) is 19.9 Å². The second-order valence-corrected chi connectivity index (χ2v) is 6.86. The Kier molecular flexibility index (Phi) is 7.07. The molecule has 120 valence electrons. The molecule has 2 rings (SSSR count). The molecule has 0 aromatic heterocycles. The standard InChI is InChI=1S/C15H22BrFN2O.ClH/c1-15(2,10-20)14(19-7-5-18-6-8-19)12-4-3-11(17)9-13(12)16;/h3-4,9,14,18,20H,5-8,10H2,1-2H3;1H/t14-;/m0./s1. The molecule has 1 aromatic rings. The summed E-state index contributed by atoms with van der Waals surface area (Å²) in [6.07, 6.45) is 0. The third kappa shape index (κ3) is 4.39. The van der Waals surface area contributed by atoms with E-state index in [2.05, 4.69) is 40.0 Å². The van der Waals surface area contributed by atoms with Gasteiger partial charge in [-0.25, -0.2) is 4.39 Å². The van der Waals surface area contributed by atoms with Gasteiger partial charge >= 0.3 is 0 Å². The fourth-order valence-corrected chi connectivity index (χ4v) is 3.43. The Labute approximate surface area is 140 Å². The van der Waals surface area contributed by atoms with E-state index in [4.69, 9.17) is 0 Å². The highest BCUT2D eigenvalue weighted by Gasteiger charge is 2.36. The summed E-state index contributed by atoms with van der Waals surface area (Å²) in [6.45, 7) is 7.93. The first-order chi connectivity index (χ1) is 9.45. The number of aliphatic hydroxyl groups is 1. The van der Waals surface area contributed by atoms with Crippen LogP contribution in [-0.2, 0) is 0 Å². The van der Waals surface area contributed by atoms with Crippen LogP contribution in [0.25, 0.3) is 0 Å². The van der Waals surface area contributed by atoms with Crippen LogP contribution in [0, 0.1) is 11.2 Å². The molecule has 1 atom stereocenters. The number of nitrogens with one attached hydrogen (secondary N) is 1. The first-order valence-corrected chi connectivity index (χ1v) is 7.75. The highest BCUT2D eigenvalue weighted by atomic mass is 79.9. The maximum Gasteiger partial charge on any atom is 0.124 e. The lowest BCUT2D eigenvalue weighted by atomic mass is 9.79. The number of hydrogen-bond acceptors (Lipinski definition) is 3. The summed E-state index contributed by atoms with van der Waals surface area (Å²) in [7, 11) is 0. The van der Waals surface area contributed by atoms with Crippen molar-refractivity contribution in [1.29, 1.82) is 0 Å². The molecule has 0 amide bonds. The minimum Gasteiger partial charge on any atom is -0.396 e. The predicted molar refractivity (Wildman–Crippen MR) is 89.4 cm³/mol. The summed E-state index contributed by atoms with van der Waals surface area (Å²) in [5, 5.41) is 13.1. The number of aliphatic hydroxyl groups excluding tert-OH is 1. The first kappa shape index (κ1) is 18.8. The molecular weight excluding hydrogens is 359 g/mol. The average molecular weight is 382 g/mol. The summed E-state index contributed by atoms with van der Waals surface area (Å²) in [6, 6.07) is 4.87. The van der Waals surface area contributed by atoms with Crippen LogP contribution in [-0.4, -0.2) is 42.8 Å². The van der Waals surface area contributed by atoms with Crippen LogP contribution in [0.2, 0.25) is 0 Å². The number of halogens is 3. The molecule has 1 fully saturated rings. The predicted octanol–water partition coefficient (Wildman–Crippen LogP) is 2.97. The van der Waals surface area contributed by atoms with Gasteiger partial charge in [0.15, 0.2) is 0 Å². The van der Waals surface area contributed by atoms with E-state index in [1.54, 1.807) is 0 Å². The van der Waals surface area contributed by atoms with Crippen LogP contribution in [0.3, 0.4) is 0 Å². The Morgan fingerprint density at radius 2 is 2.00 bits per heavy atom. The third-order valence-electron chi connectivity index (χ3n) is 3.92. The molecule has 0 unspecified atom stereocenters. The van der Waals surface area contributed by atoms with Crippen LogP contribution in [0.15, 0.2) is 22.7 Å². The number of rotatable bonds is 4. The van der Waals surface area contributed by atoms with E-state index in [1.807, 2.05) is 6.07 Å². The van der Waals surface area contributed by atoms with Crippen molar-refractivity contribution in [2.75, 3.05) is 32.8 Å². The lowest BCUT2D eigenvalue weighted by Crippen LogP contribution is -2.49. The smallest absolute Gasteiger partial charge is 0.124 e. The number of benzene rings is 1. The van der Waals surface area contributed by atoms with E-state index in [0.29, 0.717) is 0 Å². The van der Waals surface area contributed by atoms with Crippen molar-refractivity contribution < 1.29 is 9.50 Å². The van der Waals surface area contributed by atoms with Crippen LogP contribution in [0.1, 0.15) is 25.5 Å². The second-order valence-electron chi connectivity index (χ2n) is 6.00. The van der Waals surface area contributed by atoms with Gasteiger partial charge in [0.25, 0.3) is 0 Å². The van der Waals surface area contributed by atoms with Gasteiger partial charge < -0.3 is 10.4 Å². The first-order valence-electron chi connectivity index (χ1n) is 6.96. The quantitative estimate of drug-likeness (QED) is 0.842. The lowest BCUT2D eigenvalue weighted by molar-refractivity contribution is 0.0301. The molecule has 21 heavy (non-hydrogen) atoms. The van der Waals surface area contributed by atoms with Crippen molar-refractivity contribution in [3.05, 3.63) is 34.1 Å². The minimum atomic E-state index is -0.294. The zero-order chi connectivity index (χ0) is 14.8. The number of hydrogen-bond donors (Lipinski definition) is 2. The summed E-state index contributed by atoms with van der Waals surface area (Å²) < 4.78 is 14.1. The fourth-order valence-electron chi connectivity index (χ4n) is 2.86. The van der Waals surface area contributed by atoms with Gasteiger partial charge in [0.1, 0.15) is 5.82 Å². The summed E-state index contributed by atoms with van der Waals surface area (Å²) in [5.74, 6) is -0.249. The molecule has 1 heterocycles. The molecule has 1 aromatic carbocycles. The van der Waals surface area contributed by atoms with Crippen LogP contribution in [0.4, 0.5) is 4.39 Å². The normalized spacial score (nSPS) is 18.1. The van der Waals surface area contributed by atoms with E-state index >= 15 is 0 Å². The maximum absolute atomic E-state index is 13.3. The molecule has 2 N–H and O–H groups in total. The zero-order valence-corrected chi connectivity index (χ0v) is 14.8. The van der Waals surface area contributed by atoms with Crippen LogP contribution >= 0.6 is 28.3 Å². The van der Waals surface area contributed by atoms with Crippen molar-refractivity contribution in [3.63, 3.8) is 0 Å². The monoisotopic (exact) mass is 380 g/mol. The van der Waals surface area contributed by atoms with E-state index in [1.165, 1.54) is 12.1 Å². The van der Waals surface area contributed by atoms with Gasteiger partial charge in [0.2, 0.25) is 0 Å². The van der Waals surface area contributed by atoms with Crippen molar-refractivity contribution in [1.82, 2.24) is 10.2 Å². The largest absolute Gasteiger partial charge is 0.396 e. The number of nitrogens with zero attached hydrogens (tertiary/aromatic N) is 1. The van der Waals surface area contributed by atoms with Crippen molar-refractivity contribution in [3.8, 4) is 0 Å². The van der Waals surface area contributed by atoms with Gasteiger partial charge in [-0.1, -0.05) is 35.8 Å². The maximum atomic E-state index is 13.3. The van der Waals surface area contributed by atoms with Gasteiger partial charge in [-0.3, -0.25) is 4.90 Å². The van der Waals surface area contributed by atoms with Gasteiger partial charge in [0, 0.05) is 48.7 Å². The Morgan fingerprint density at radius 3 is 2.52 bits per heavy atom. The van der Waals surface area contributed by atoms with Gasteiger partial charge in [-0.15, -0.1) is 12.4 Å². The van der Waals surface area contributed by atoms with Crippen LogP contribution < -0.4 is 5.32 Å². The Balaban J connectivity index is 0.00000220. The second kappa shape index (κ2) is 7.88. The highest BCUT2D eigenvalue weighted by molar-refractivity contribution is 9.10. The van der Waals surface area contributed by atoms with Crippen LogP contribution in [0.5, 0.6) is 0 Å². The Morgan fingerprint density at radius 1 is 1.38 bits per heavy atom. The summed E-state index contributed by atoms with van der Waals surface area (Å²) >= 11 is 3.47. The zero-order valence-electron chi connectivity index (χ0n) is 12.4. The SMILES string of the molecule is CC(C)(CO)[C@H](c1ccc(F)cc1Br)N1CCNCC1.Cl. The molecule has 0 aliphatic carbocycles. The molecule has 0 saturated carbocycles. The number of piperazine rings is 1. The van der Waals surface area contributed by atoms with Gasteiger partial charge in [0.05, 0.1) is 0 Å². The Bertz CT molecular complexity index is 467. The highest BCUT2D eigenvalue weighted by Crippen LogP contribution is 2.41. The molecule has 1 aliphatic heterocycles. The van der Waals surface area contributed by atoms with E-state index in [9.17, 15) is 9.50 Å². The van der Waals surface area contributed by atoms with Gasteiger partial charge in [-0.2, -0.15) is 0 Å². The Hall–Kier alpha value is -0.200. The molecule has 0 radical (unpaired) electrons. The molecule has 1 saturated heterocycles. The molecule has 0 bridgehead atoms. The third-order valence-corrected chi connectivity index (χ3v) is 4.61. The van der Waals surface area contributed by atoms with E-state index in [-0.39, 0.29) is 36.3 Å². The van der Waals surface area contributed by atoms with Gasteiger partial charge in [-0.05, 0) is 17.7 Å². The summed E-state index contributed by atoms with van der Waals surface area (Å²) in [4.78, 5) is 2.37. The van der Waals surface area contributed by atoms with E-state index in [0.717, 1.165) is 36.2 Å². The fraction of sp³-hybridized carbons (Fsp3) is 0.600.